The van der Waals surface area contributed by atoms with Gasteiger partial charge in [0.2, 0.25) is 0 Å². The van der Waals surface area contributed by atoms with Crippen LogP contribution in [0, 0.1) is 46.3 Å². The number of hydrogen-bond donors (Lipinski definition) is 3. The molecule has 0 bridgehead atoms. The number of alkyl halides is 1. The molecule has 0 saturated carbocycles. The van der Waals surface area contributed by atoms with E-state index in [1.54, 1.807) is 60.7 Å². The molecule has 0 atom stereocenters. The fourth-order valence-corrected chi connectivity index (χ4v) is 8.03. The van der Waals surface area contributed by atoms with Crippen molar-refractivity contribution in [2.45, 2.75) is 60.4 Å². The number of phenolic OH excluding ortho intramolecular Hbond substituents is 1. The minimum atomic E-state index is -1.00. The third-order valence-electron chi connectivity index (χ3n) is 12.6. The van der Waals surface area contributed by atoms with Gasteiger partial charge >= 0.3 is 147 Å². The fourth-order valence-electron chi connectivity index (χ4n) is 7.35. The van der Waals surface area contributed by atoms with Gasteiger partial charge in [0, 0.05) is 89.7 Å². The third kappa shape index (κ3) is 34.2. The van der Waals surface area contributed by atoms with Gasteiger partial charge in [-0.1, -0.05) is 58.8 Å². The quantitative estimate of drug-likeness (QED) is 0.0430. The van der Waals surface area contributed by atoms with Gasteiger partial charge in [0.15, 0.2) is 12.6 Å². The predicted octanol–water partition coefficient (Wildman–Crippen LogP) is 3.95. The van der Waals surface area contributed by atoms with Crippen molar-refractivity contribution in [2.75, 3.05) is 14.3 Å². The van der Waals surface area contributed by atoms with Gasteiger partial charge in [-0.25, -0.2) is 4.39 Å². The zero-order valence-electron chi connectivity index (χ0n) is 56.8. The van der Waals surface area contributed by atoms with Crippen LogP contribution in [0.15, 0.2) is 179 Å². The minimum Gasteiger partial charge on any atom is -1.00 e. The number of halogens is 5. The topological polar surface area (TPSA) is 389 Å². The number of carbonyl (C=O) groups excluding carboxylic acids is 4. The molecule has 0 spiro atoms. The molecule has 1 saturated heterocycles. The summed E-state index contributed by atoms with van der Waals surface area (Å²) >= 11 is 6.39. The van der Waals surface area contributed by atoms with Crippen LogP contribution in [0.25, 0.3) is 0 Å². The number of fused-ring (bicyclic) bond motifs is 1. The van der Waals surface area contributed by atoms with E-state index in [1.165, 1.54) is 84.9 Å². The molecule has 0 aromatic heterocycles. The standard InChI is InChI=1S/C19H20BNO6.C13H10BNO5.C13H8BrNO4.C7H5BrO2.C6H4FNO2.CH3F.CH2O3.CH4O.2CH4.B.ClH.2K.Na.2H/c1-18(2)19(3,4)27-20(26-18)17-10-9-16(11-13(17)12-22)25-15-7-5-14(6-8-15)21(23)24;16-14-13-6-5-12(7-9(13)8-19-14)20-11-3-1-10(2-4-11)15(17)18;14-13-6-5-12(7-9(13)8-16)19-11-3-1-10(2-4-11)15(17)18;8-7-2-1-6(10)3-5(7)4-9;7-5-1-3-6(4-2-5)8(9)10;1-2;2-1-4-3;1-2;;;;;;;;;/h5-12H,1-4H3;1-7,16H,8H2;1-8H;1-4,10H;1-4H;1H3;1,3H;2H,1H3;2*1H4;;1H;;;;;/q;;;;;;;;;;;;3*+1;2*-1/p-1/i;;;;;1D;;;;;;;;;;;. The van der Waals surface area contributed by atoms with E-state index in [0.29, 0.717) is 84.8 Å². The summed E-state index contributed by atoms with van der Waals surface area (Å²) in [7, 11) is -1.53. The van der Waals surface area contributed by atoms with Crippen LogP contribution < -0.4 is 163 Å². The van der Waals surface area contributed by atoms with Gasteiger partial charge in [-0.15, -0.1) is 12.4 Å². The number of nitrogens with zero attached hydrogens (tertiary/aromatic N) is 4. The van der Waals surface area contributed by atoms with Gasteiger partial charge in [0.1, 0.15) is 52.3 Å². The van der Waals surface area contributed by atoms with Crippen LogP contribution in [0.4, 0.5) is 31.5 Å². The second-order valence-electron chi connectivity index (χ2n) is 19.1. The molecule has 0 unspecified atom stereocenters. The summed E-state index contributed by atoms with van der Waals surface area (Å²) in [6.45, 7) is 7.94. The molecule has 27 nitrogen and oxygen atoms in total. The van der Waals surface area contributed by atoms with Crippen LogP contribution >= 0.6 is 44.3 Å². The summed E-state index contributed by atoms with van der Waals surface area (Å²) in [6.07, 6.45) is 2.12. The number of aliphatic hydroxyl groups is 1. The smallest absolute Gasteiger partial charge is 1.00 e. The first-order valence-electron chi connectivity index (χ1n) is 27.1. The van der Waals surface area contributed by atoms with Crippen molar-refractivity contribution in [2.24, 2.45) is 0 Å². The van der Waals surface area contributed by atoms with Crippen molar-refractivity contribution in [3.63, 3.8) is 0 Å². The molecule has 8 aromatic rings. The van der Waals surface area contributed by atoms with Crippen LogP contribution in [0.3, 0.4) is 0 Å². The summed E-state index contributed by atoms with van der Waals surface area (Å²) in [5.41, 5.74) is 2.44. The second kappa shape index (κ2) is 53.2. The maximum Gasteiger partial charge on any atom is 1.00 e. The Morgan fingerprint density at radius 3 is 1.19 bits per heavy atom. The number of benzene rings is 8. The van der Waals surface area contributed by atoms with Gasteiger partial charge in [0.05, 0.1) is 46.0 Å². The molecule has 101 heavy (non-hydrogen) atoms. The minimum absolute atomic E-state index is 0. The first-order chi connectivity index (χ1) is 45.1. The molecule has 8 aromatic carbocycles. The number of hydrogen-bond acceptors (Lipinski definition) is 23. The van der Waals surface area contributed by atoms with Crippen LogP contribution in [0.5, 0.6) is 40.2 Å². The molecular weight excluding hydrogens is 1550 g/mol. The number of rotatable bonds is 15. The Hall–Kier alpha value is -5.62. The molecule has 2 aliphatic heterocycles. The number of aromatic hydroxyl groups is 1. The molecule has 3 N–H and O–H groups in total. The summed E-state index contributed by atoms with van der Waals surface area (Å²) in [5, 5.41) is 75.6. The van der Waals surface area contributed by atoms with E-state index in [2.05, 4.69) is 36.7 Å². The third-order valence-corrected chi connectivity index (χ3v) is 14.0. The van der Waals surface area contributed by atoms with E-state index in [1.807, 2.05) is 27.7 Å². The Morgan fingerprint density at radius 2 is 0.851 bits per heavy atom. The van der Waals surface area contributed by atoms with Gasteiger partial charge < -0.3 is 56.4 Å². The van der Waals surface area contributed by atoms with Crippen LogP contribution in [0.1, 0.15) is 83.4 Å². The Bertz CT molecular complexity index is 3900. The molecule has 1 fully saturated rings. The number of ether oxygens (including phenoxy) is 3. The van der Waals surface area contributed by atoms with Gasteiger partial charge in [-0.05, 0) is 153 Å². The summed E-state index contributed by atoms with van der Waals surface area (Å²) in [5.74, 6) is 2.55. The number of nitro benzene ring substituents is 4. The van der Waals surface area contributed by atoms with Gasteiger partial charge in [-0.2, -0.15) is 0 Å². The Balaban J connectivity index is -0.000000222. The van der Waals surface area contributed by atoms with Crippen molar-refractivity contribution in [3.8, 4) is 40.2 Å². The molecule has 2 aliphatic rings. The first-order valence-corrected chi connectivity index (χ1v) is 28.0. The van der Waals surface area contributed by atoms with E-state index in [9.17, 15) is 68.6 Å². The SMILES string of the molecule is C.C.CC1(C)OB(c2ccc(Oc3ccc([N+](=O)[O-])cc3)cc2C=O)OC1(C)C.CO.Cl.O=CO[O-].O=Cc1cc(O)ccc1Br.O=Cc1cc(Oc2ccc([N+](=O)[O-])cc2)ccc1Br.O=[N+]([O-])c1ccc(F)cc1.O=[N+]([O-])c1ccc(Oc2ccc3c(c2)COB3O)cc1.[2H]CF.[B].[H-].[H-].[K+].[K+].[Na+]. The maximum atomic E-state index is 12.1. The second-order valence-corrected chi connectivity index (χ2v) is 20.8. The number of aldehydes is 3. The molecule has 2 heterocycles. The number of non-ortho nitro benzene ring substituents is 4. The first kappa shape index (κ1) is 102. The van der Waals surface area contributed by atoms with Crippen molar-refractivity contribution in [1.82, 2.24) is 0 Å². The zero-order chi connectivity index (χ0) is 71.0. The number of carbonyl (C=O) groups is 4. The molecule has 0 amide bonds. The van der Waals surface area contributed by atoms with Gasteiger partial charge in [0.25, 0.3) is 29.2 Å². The van der Waals surface area contributed by atoms with E-state index in [0.717, 1.165) is 48.7 Å². The Labute approximate surface area is 716 Å². The van der Waals surface area contributed by atoms with Gasteiger partial charge in [-0.3, -0.25) is 64.0 Å². The number of nitro groups is 4. The van der Waals surface area contributed by atoms with E-state index in [-0.39, 0.29) is 206 Å². The van der Waals surface area contributed by atoms with Crippen molar-refractivity contribution < 1.29 is 238 Å². The predicted molar refractivity (Wildman–Crippen MR) is 371 cm³/mol. The molecule has 10 rings (SSSR count). The van der Waals surface area contributed by atoms with Crippen molar-refractivity contribution >= 4 is 126 Å². The van der Waals surface area contributed by atoms with E-state index in [4.69, 9.17) is 49.8 Å². The zero-order valence-corrected chi connectivity index (χ0v) is 66.1. The molecule has 523 valence electrons. The van der Waals surface area contributed by atoms with Crippen molar-refractivity contribution in [3.05, 3.63) is 247 Å². The summed E-state index contributed by atoms with van der Waals surface area (Å²) < 4.78 is 62.9. The fraction of sp³-hybridized carbons (Fsp3) is 0.175. The average molecular weight is 1620 g/mol. The monoisotopic (exact) mass is 1610 g/mol. The van der Waals surface area contributed by atoms with Crippen LogP contribution in [0.2, 0.25) is 0 Å². The largest absolute Gasteiger partial charge is 1.00 e. The Kier molecular flexibility index (Phi) is 53.6. The number of phenols is 1. The molecule has 38 heteroatoms. The Morgan fingerprint density at radius 1 is 0.554 bits per heavy atom. The maximum absolute atomic E-state index is 12.1. The molecular formula is C63H66B3Br2ClF2K2N4NaO23. The van der Waals surface area contributed by atoms with Crippen LogP contribution in [-0.2, 0) is 30.3 Å². The van der Waals surface area contributed by atoms with Crippen molar-refractivity contribution in [1.29, 1.82) is 0 Å². The molecule has 3 radical (unpaired) electrons. The average Bonchev–Trinajstić information content (AvgIpc) is 1.62. The van der Waals surface area contributed by atoms with E-state index >= 15 is 0 Å². The summed E-state index contributed by atoms with van der Waals surface area (Å²) in [4.78, 5) is 83.7. The van der Waals surface area contributed by atoms with Crippen LogP contribution in [-0.4, -0.2) is 108 Å². The number of aliphatic hydroxyl groups excluding tert-OH is 1. The van der Waals surface area contributed by atoms with E-state index < -0.39 is 58.1 Å². The normalized spacial score (nSPS) is 11.5. The summed E-state index contributed by atoms with van der Waals surface area (Å²) in [6, 6.07) is 41.4. The molecule has 0 aliphatic carbocycles.